The van der Waals surface area contributed by atoms with E-state index in [1.54, 1.807) is 36.4 Å². The van der Waals surface area contributed by atoms with Crippen LogP contribution in [0.15, 0.2) is 72.8 Å². The van der Waals surface area contributed by atoms with E-state index in [0.29, 0.717) is 0 Å². The smallest absolute Gasteiger partial charge is 0.349 e. The lowest BCUT2D eigenvalue weighted by Gasteiger charge is -2.24. The van der Waals surface area contributed by atoms with E-state index in [1.807, 2.05) is 13.8 Å². The summed E-state index contributed by atoms with van der Waals surface area (Å²) < 4.78 is 10.4. The number of hydrogen-bond donors (Lipinski definition) is 2. The van der Waals surface area contributed by atoms with Crippen LogP contribution in [0.3, 0.4) is 0 Å². The zero-order valence-electron chi connectivity index (χ0n) is 18.9. The Morgan fingerprint density at radius 3 is 1.66 bits per heavy atom. The van der Waals surface area contributed by atoms with Crippen LogP contribution in [0, 0.1) is 13.8 Å². The minimum absolute atomic E-state index is 0.0666. The lowest BCUT2D eigenvalue weighted by molar-refractivity contribution is -0.157. The minimum atomic E-state index is -2.14. The highest BCUT2D eigenvalue weighted by Crippen LogP contribution is 2.22. The van der Waals surface area contributed by atoms with Crippen LogP contribution in [0.5, 0.6) is 0 Å². The van der Waals surface area contributed by atoms with Gasteiger partial charge in [0.25, 0.3) is 5.91 Å². The number of rotatable bonds is 8. The van der Waals surface area contributed by atoms with Gasteiger partial charge in [-0.3, -0.25) is 4.79 Å². The van der Waals surface area contributed by atoms with E-state index in [0.717, 1.165) is 11.1 Å². The first-order chi connectivity index (χ1) is 16.7. The molecule has 0 aliphatic heterocycles. The van der Waals surface area contributed by atoms with Gasteiger partial charge in [-0.25, -0.2) is 14.4 Å². The number of nitrogens with one attached hydrogen (secondary N) is 1. The van der Waals surface area contributed by atoms with Crippen LogP contribution in [0.25, 0.3) is 0 Å². The predicted molar refractivity (Wildman–Crippen MR) is 128 cm³/mol. The second-order valence-corrected chi connectivity index (χ2v) is 8.10. The molecule has 0 spiro atoms. The molecule has 8 nitrogen and oxygen atoms in total. The monoisotopic (exact) mass is 495 g/mol. The summed E-state index contributed by atoms with van der Waals surface area (Å²) in [6, 6.07) is 18.7. The summed E-state index contributed by atoms with van der Waals surface area (Å²) in [5.74, 6) is -4.69. The van der Waals surface area contributed by atoms with Crippen molar-refractivity contribution in [2.45, 2.75) is 26.1 Å². The Hall–Kier alpha value is -4.17. The molecular formula is C26H22ClNO7. The van der Waals surface area contributed by atoms with Crippen molar-refractivity contribution in [1.29, 1.82) is 0 Å². The van der Waals surface area contributed by atoms with E-state index in [1.165, 1.54) is 36.4 Å². The molecule has 0 bridgehead atoms. The molecule has 3 aromatic rings. The number of carbonyl (C=O) groups excluding carboxylic acids is 3. The minimum Gasteiger partial charge on any atom is -0.478 e. The van der Waals surface area contributed by atoms with Gasteiger partial charge in [0.1, 0.15) is 0 Å². The highest BCUT2D eigenvalue weighted by Gasteiger charge is 2.41. The van der Waals surface area contributed by atoms with Gasteiger partial charge < -0.3 is 19.9 Å². The number of carbonyl (C=O) groups is 4. The average molecular weight is 496 g/mol. The third-order valence-corrected chi connectivity index (χ3v) is 5.28. The molecule has 0 saturated carbocycles. The molecular weight excluding hydrogens is 474 g/mol. The number of halogens is 1. The maximum atomic E-state index is 13.1. The molecule has 1 amide bonds. The second kappa shape index (κ2) is 11.3. The third-order valence-electron chi connectivity index (χ3n) is 4.95. The number of esters is 2. The van der Waals surface area contributed by atoms with E-state index in [2.05, 4.69) is 5.32 Å². The quantitative estimate of drug-likeness (QED) is 0.443. The highest BCUT2D eigenvalue weighted by atomic mass is 35.5. The molecule has 9 heteroatoms. The third kappa shape index (κ3) is 6.68. The molecule has 0 saturated heterocycles. The molecule has 180 valence electrons. The van der Waals surface area contributed by atoms with Crippen LogP contribution in [-0.2, 0) is 19.1 Å². The fourth-order valence-corrected chi connectivity index (χ4v) is 3.19. The fourth-order valence-electron chi connectivity index (χ4n) is 3.01. The van der Waals surface area contributed by atoms with Crippen LogP contribution in [-0.4, -0.2) is 41.1 Å². The summed E-state index contributed by atoms with van der Waals surface area (Å²) in [6.07, 6.45) is -4.16. The van der Waals surface area contributed by atoms with Gasteiger partial charge >= 0.3 is 17.9 Å². The van der Waals surface area contributed by atoms with E-state index in [9.17, 15) is 24.3 Å². The van der Waals surface area contributed by atoms with Gasteiger partial charge in [-0.05, 0) is 50.2 Å². The zero-order chi connectivity index (χ0) is 25.5. The summed E-state index contributed by atoms with van der Waals surface area (Å²) >= 11 is 6.08. The Labute approximate surface area is 206 Å². The molecule has 2 atom stereocenters. The molecule has 0 radical (unpaired) electrons. The largest absolute Gasteiger partial charge is 0.478 e. The van der Waals surface area contributed by atoms with Crippen molar-refractivity contribution in [2.24, 2.45) is 0 Å². The van der Waals surface area contributed by atoms with Crippen molar-refractivity contribution in [3.05, 3.63) is 100 Å². The van der Waals surface area contributed by atoms with Gasteiger partial charge in [0.15, 0.2) is 0 Å². The molecule has 2 unspecified atom stereocenters. The van der Waals surface area contributed by atoms with Crippen LogP contribution < -0.4 is 5.32 Å². The topological polar surface area (TPSA) is 119 Å². The zero-order valence-corrected chi connectivity index (χ0v) is 19.6. The number of carboxylic acids is 1. The van der Waals surface area contributed by atoms with Crippen LogP contribution in [0.2, 0.25) is 5.02 Å². The van der Waals surface area contributed by atoms with Gasteiger partial charge in [0.05, 0.1) is 21.8 Å². The van der Waals surface area contributed by atoms with Crippen LogP contribution in [0.1, 0.15) is 31.8 Å². The first-order valence-corrected chi connectivity index (χ1v) is 10.9. The summed E-state index contributed by atoms with van der Waals surface area (Å²) in [4.78, 5) is 50.5. The Bertz CT molecular complexity index is 1240. The molecule has 35 heavy (non-hydrogen) atoms. The summed E-state index contributed by atoms with van der Waals surface area (Å²) in [7, 11) is 0. The van der Waals surface area contributed by atoms with Crippen LogP contribution in [0.4, 0.5) is 5.69 Å². The number of carboxylic acid groups (broad SMARTS) is 1. The number of benzene rings is 3. The Balaban J connectivity index is 1.91. The number of aryl methyl sites for hydroxylation is 2. The van der Waals surface area contributed by atoms with E-state index < -0.39 is 36.0 Å². The van der Waals surface area contributed by atoms with Crippen molar-refractivity contribution < 1.29 is 33.8 Å². The molecule has 2 N–H and O–H groups in total. The predicted octanol–water partition coefficient (Wildman–Crippen LogP) is 4.43. The SMILES string of the molecule is Cc1ccc(C(=O)OC(C(=O)O)C(OC(=O)c2ccc(C)cc2)C(=O)Nc2ccccc2Cl)cc1. The van der Waals surface area contributed by atoms with E-state index in [4.69, 9.17) is 21.1 Å². The molecule has 0 fully saturated rings. The first-order valence-electron chi connectivity index (χ1n) is 10.5. The van der Waals surface area contributed by atoms with Gasteiger partial charge in [-0.2, -0.15) is 0 Å². The van der Waals surface area contributed by atoms with E-state index in [-0.39, 0.29) is 21.8 Å². The number of amides is 1. The van der Waals surface area contributed by atoms with Crippen molar-refractivity contribution in [2.75, 3.05) is 5.32 Å². The Kier molecular flexibility index (Phi) is 8.22. The number of anilines is 1. The van der Waals surface area contributed by atoms with Crippen LogP contribution >= 0.6 is 11.6 Å². The number of hydrogen-bond acceptors (Lipinski definition) is 6. The van der Waals surface area contributed by atoms with Gasteiger partial charge in [-0.1, -0.05) is 59.1 Å². The molecule has 0 aliphatic carbocycles. The standard InChI is InChI=1S/C26H22ClNO7/c1-15-7-11-17(12-8-15)25(32)34-21(23(29)28-20-6-4-3-5-19(20)27)22(24(30)31)35-26(33)18-13-9-16(2)10-14-18/h3-14,21-22H,1-2H3,(H,28,29)(H,30,31). The molecule has 3 aromatic carbocycles. The fraction of sp³-hybridized carbons (Fsp3) is 0.154. The number of aliphatic carboxylic acids is 1. The van der Waals surface area contributed by atoms with Gasteiger partial charge in [0, 0.05) is 0 Å². The van der Waals surface area contributed by atoms with Crippen molar-refractivity contribution in [1.82, 2.24) is 0 Å². The van der Waals surface area contributed by atoms with Gasteiger partial charge in [0.2, 0.25) is 12.2 Å². The lowest BCUT2D eigenvalue weighted by Crippen LogP contribution is -2.48. The van der Waals surface area contributed by atoms with E-state index >= 15 is 0 Å². The molecule has 0 aliphatic rings. The number of para-hydroxylation sites is 1. The molecule has 3 rings (SSSR count). The van der Waals surface area contributed by atoms with Crippen molar-refractivity contribution >= 4 is 41.1 Å². The Morgan fingerprint density at radius 2 is 1.20 bits per heavy atom. The average Bonchev–Trinajstić information content (AvgIpc) is 2.83. The maximum absolute atomic E-state index is 13.1. The lowest BCUT2D eigenvalue weighted by atomic mass is 10.1. The molecule has 0 aromatic heterocycles. The summed E-state index contributed by atoms with van der Waals surface area (Å²) in [6.45, 7) is 3.63. The normalized spacial score (nSPS) is 12.2. The summed E-state index contributed by atoms with van der Waals surface area (Å²) in [5, 5.41) is 12.4. The van der Waals surface area contributed by atoms with Crippen molar-refractivity contribution in [3.63, 3.8) is 0 Å². The first kappa shape index (κ1) is 25.5. The van der Waals surface area contributed by atoms with Gasteiger partial charge in [-0.15, -0.1) is 0 Å². The highest BCUT2D eigenvalue weighted by molar-refractivity contribution is 6.33. The molecule has 0 heterocycles. The Morgan fingerprint density at radius 1 is 0.743 bits per heavy atom. The number of ether oxygens (including phenoxy) is 2. The second-order valence-electron chi connectivity index (χ2n) is 7.69. The maximum Gasteiger partial charge on any atom is 0.349 e. The van der Waals surface area contributed by atoms with Crippen molar-refractivity contribution in [3.8, 4) is 0 Å². The summed E-state index contributed by atoms with van der Waals surface area (Å²) in [5.41, 5.74) is 2.06.